The second kappa shape index (κ2) is 8.99. The molecule has 0 radical (unpaired) electrons. The minimum absolute atomic E-state index is 0.411. The molecule has 0 spiro atoms. The number of nitrogens with one attached hydrogen (secondary N) is 3. The number of piperidine rings is 1. The van der Waals surface area contributed by atoms with Crippen molar-refractivity contribution in [3.63, 3.8) is 0 Å². The lowest BCUT2D eigenvalue weighted by Crippen LogP contribution is -2.61. The van der Waals surface area contributed by atoms with Crippen LogP contribution in [0.25, 0.3) is 0 Å². The Bertz CT molecular complexity index is 1790. The first-order valence-corrected chi connectivity index (χ1v) is 9.35. The minimum Gasteiger partial charge on any atom is -0.356 e. The molecule has 0 unspecified atom stereocenters. The van der Waals surface area contributed by atoms with Crippen LogP contribution in [-0.2, 0) is 19.2 Å². The van der Waals surface area contributed by atoms with Gasteiger partial charge in [-0.05, 0) is 35.4 Å². The van der Waals surface area contributed by atoms with E-state index < -0.39 is 141 Å². The second-order valence-corrected chi connectivity index (χ2v) is 7.66. The Balaban J connectivity index is 2.46. The molecule has 2 aliphatic heterocycles. The van der Waals surface area contributed by atoms with Gasteiger partial charge >= 0.3 is 12.1 Å². The van der Waals surface area contributed by atoms with Crippen LogP contribution in [0, 0.1) is 39.9 Å². The van der Waals surface area contributed by atoms with Crippen LogP contribution >= 0.6 is 0 Å². The third-order valence-electron chi connectivity index (χ3n) is 5.32. The van der Waals surface area contributed by atoms with E-state index in [4.69, 9.17) is 32.9 Å². The highest BCUT2D eigenvalue weighted by atomic mass is 19.4. The minimum atomic E-state index is -6.28. The van der Waals surface area contributed by atoms with E-state index in [0.717, 1.165) is 6.07 Å². The normalized spacial score (nSPS) is 48.0. The standard InChI is InChI=1S/C23H32F3N5O4/c1-21(2,3)16(30-20(35)23(24,25)26)19(34)31-10-13-14(22(13,4)5)15(31)18(33)29-12(9-27)8-11-6-7-28-17(11)32/h11-16H,6-8,10H2,1-5H3,(H,28,32)(H,29,33)(H,30,35)/t11-,12-,13-,14-,15-,16+/m0/s1/i1D3,2D3,3D3,4D3,5D3,6D2,7D2,8D2,11D,12D,16D. The number of likely N-dealkylation sites (tertiary alicyclic amines) is 1. The number of halogens is 3. The second-order valence-electron chi connectivity index (χ2n) is 7.66. The summed E-state index contributed by atoms with van der Waals surface area (Å²) in [5.74, 6) is -19.8. The summed E-state index contributed by atoms with van der Waals surface area (Å²) in [5, 5.41) is 13.0. The smallest absolute Gasteiger partial charge is 0.356 e. The molecule has 12 heteroatoms. The summed E-state index contributed by atoms with van der Waals surface area (Å²) >= 11 is 0. The Morgan fingerprint density at radius 2 is 2.09 bits per heavy atom. The number of nitrogens with zero attached hydrogens (tertiary/aromatic N) is 2. The van der Waals surface area contributed by atoms with Crippen LogP contribution in [0.15, 0.2) is 0 Å². The fraction of sp³-hybridized carbons (Fsp3) is 0.783. The molecule has 0 bridgehead atoms. The van der Waals surface area contributed by atoms with E-state index in [0.29, 0.717) is 5.32 Å². The molecule has 0 aromatic heterocycles. The number of alkyl halides is 3. The number of nitriles is 1. The van der Waals surface area contributed by atoms with Crippen molar-refractivity contribution >= 4 is 23.6 Å². The third-order valence-corrected chi connectivity index (χ3v) is 5.32. The summed E-state index contributed by atoms with van der Waals surface area (Å²) in [5.41, 5.74) is -8.35. The fourth-order valence-electron chi connectivity index (χ4n) is 3.65. The van der Waals surface area contributed by atoms with Gasteiger partial charge in [-0.25, -0.2) is 0 Å². The van der Waals surface area contributed by atoms with Gasteiger partial charge in [0.05, 0.1) is 8.81 Å². The van der Waals surface area contributed by atoms with Crippen molar-refractivity contribution in [1.82, 2.24) is 20.9 Å². The van der Waals surface area contributed by atoms with Crippen LogP contribution in [0.4, 0.5) is 13.2 Å². The molecule has 4 amide bonds. The molecule has 1 aliphatic carbocycles. The van der Waals surface area contributed by atoms with E-state index in [1.54, 1.807) is 0 Å². The van der Waals surface area contributed by atoms with Crippen molar-refractivity contribution in [1.29, 1.82) is 5.26 Å². The molecule has 3 fully saturated rings. The fourth-order valence-corrected chi connectivity index (χ4v) is 3.65. The van der Waals surface area contributed by atoms with Gasteiger partial charge < -0.3 is 20.9 Å². The maximum Gasteiger partial charge on any atom is 0.471 e. The molecular weight excluding hydrogens is 467 g/mol. The molecule has 3 N–H and O–H groups in total. The van der Waals surface area contributed by atoms with Crippen LogP contribution < -0.4 is 16.0 Å². The first-order valence-electron chi connectivity index (χ1n) is 21.3. The van der Waals surface area contributed by atoms with Crippen LogP contribution in [0.2, 0.25) is 0 Å². The van der Waals surface area contributed by atoms with E-state index >= 15 is 0 Å². The van der Waals surface area contributed by atoms with E-state index in [1.165, 1.54) is 10.6 Å². The van der Waals surface area contributed by atoms with Gasteiger partial charge in [0.25, 0.3) is 0 Å². The number of carbonyl (C=O) groups excluding carboxylic acids is 4. The lowest BCUT2D eigenvalue weighted by Gasteiger charge is -2.37. The Morgan fingerprint density at radius 3 is 2.60 bits per heavy atom. The van der Waals surface area contributed by atoms with Gasteiger partial charge in [-0.15, -0.1) is 0 Å². The molecule has 3 rings (SSSR count). The third kappa shape index (κ3) is 5.23. The quantitative estimate of drug-likeness (QED) is 0.480. The number of hydrogen-bond acceptors (Lipinski definition) is 5. The summed E-state index contributed by atoms with van der Waals surface area (Å²) < 4.78 is 235. The Kier molecular flexibility index (Phi) is 2.37. The zero-order valence-corrected chi connectivity index (χ0v) is 17.1. The van der Waals surface area contributed by atoms with Crippen molar-refractivity contribution in [2.75, 3.05) is 13.0 Å². The van der Waals surface area contributed by atoms with E-state index in [-0.39, 0.29) is 0 Å². The summed E-state index contributed by atoms with van der Waals surface area (Å²) in [7, 11) is 0. The maximum atomic E-state index is 14.6. The van der Waals surface area contributed by atoms with Gasteiger partial charge in [0.2, 0.25) is 17.7 Å². The lowest BCUT2D eigenvalue weighted by atomic mass is 9.85. The molecule has 35 heavy (non-hydrogen) atoms. The van der Waals surface area contributed by atoms with Crippen LogP contribution in [0.3, 0.4) is 0 Å². The zero-order chi connectivity index (χ0) is 47.2. The molecule has 2 heterocycles. The van der Waals surface area contributed by atoms with Gasteiger partial charge in [0.1, 0.15) is 18.1 Å². The highest BCUT2D eigenvalue weighted by Gasteiger charge is 2.70. The van der Waals surface area contributed by atoms with Gasteiger partial charge in [-0.1, -0.05) is 34.3 Å². The maximum absolute atomic E-state index is 14.6. The van der Waals surface area contributed by atoms with E-state index in [1.807, 2.05) is 0 Å². The summed E-state index contributed by atoms with van der Waals surface area (Å²) in [4.78, 5) is 53.7. The number of fused-ring (bicyclic) bond motifs is 1. The highest BCUT2D eigenvalue weighted by Crippen LogP contribution is 2.65. The van der Waals surface area contributed by atoms with Crippen molar-refractivity contribution in [3.05, 3.63) is 0 Å². The number of carbonyl (C=O) groups is 4. The predicted octanol–water partition coefficient (Wildman–Crippen LogP) is 1.10. The first kappa shape index (κ1) is 9.23. The van der Waals surface area contributed by atoms with Gasteiger partial charge in [0.15, 0.2) is 0 Å². The van der Waals surface area contributed by atoms with Gasteiger partial charge in [-0.2, -0.15) is 18.4 Å². The van der Waals surface area contributed by atoms with Gasteiger partial charge in [-0.3, -0.25) is 19.2 Å². The monoisotopic (exact) mass is 523 g/mol. The summed E-state index contributed by atoms with van der Waals surface area (Å²) in [6, 6.07) is -11.9. The molecule has 1 saturated carbocycles. The van der Waals surface area contributed by atoms with Crippen LogP contribution in [0.5, 0.6) is 0 Å². The topological polar surface area (TPSA) is 131 Å². The number of amides is 4. The summed E-state index contributed by atoms with van der Waals surface area (Å²) in [6.45, 7) is -27.2. The predicted molar refractivity (Wildman–Crippen MR) is 117 cm³/mol. The zero-order valence-electron chi connectivity index (χ0n) is 41.1. The molecule has 0 aromatic rings. The number of hydrogen-bond donors (Lipinski definition) is 3. The van der Waals surface area contributed by atoms with Crippen molar-refractivity contribution in [3.8, 4) is 6.07 Å². The molecule has 3 aliphatic rings. The van der Waals surface area contributed by atoms with Crippen LogP contribution in [0.1, 0.15) is 79.9 Å². The molecule has 0 aromatic carbocycles. The average Bonchev–Trinajstić information content (AvgIpc) is 3.47. The average molecular weight is 524 g/mol. The van der Waals surface area contributed by atoms with Crippen molar-refractivity contribution < 1.29 is 65.2 Å². The lowest BCUT2D eigenvalue weighted by molar-refractivity contribution is -0.176. The van der Waals surface area contributed by atoms with Crippen LogP contribution in [-0.4, -0.2) is 65.8 Å². The van der Waals surface area contributed by atoms with Crippen molar-refractivity contribution in [2.24, 2.45) is 28.6 Å². The molecule has 6 atom stereocenters. The Labute approximate surface area is 235 Å². The SMILES string of the molecule is [2H]C([2H])([2H])C1(C([2H])([2H])[2H])[C@@H]2[C@@H](C(=O)N[C@]([2H])(C#N)C([2H])([2H])[C@@]3([2H])C(=O)NC([2H])([2H])C3([2H])[2H])N(C(=O)[C@@]([2H])(NC(=O)C(F)(F)F)C(C([2H])([2H])[2H])(C([2H])([2H])[2H])C([2H])([2H])[2H])C[C@@H]21. The van der Waals surface area contributed by atoms with Crippen molar-refractivity contribution in [2.45, 2.75) is 71.3 Å². The Hall–Kier alpha value is -2.84. The molecule has 194 valence electrons. The Morgan fingerprint density at radius 1 is 1.40 bits per heavy atom. The van der Waals surface area contributed by atoms with E-state index in [2.05, 4.69) is 0 Å². The summed E-state index contributed by atoms with van der Waals surface area (Å²) in [6.07, 6.45) is -14.8. The van der Waals surface area contributed by atoms with Gasteiger partial charge in [0, 0.05) is 49.1 Å². The molecular formula is C23H32F3N5O4. The van der Waals surface area contributed by atoms with E-state index in [9.17, 15) is 37.6 Å². The largest absolute Gasteiger partial charge is 0.471 e. The first-order chi connectivity index (χ1) is 25.6. The highest BCUT2D eigenvalue weighted by molar-refractivity contribution is 5.95. The molecule has 9 nitrogen and oxygen atoms in total. The molecule has 2 saturated heterocycles. The number of rotatable bonds is 6.